The summed E-state index contributed by atoms with van der Waals surface area (Å²) in [5.41, 5.74) is 7.35. The molecule has 1 unspecified atom stereocenters. The molecule has 0 radical (unpaired) electrons. The highest BCUT2D eigenvalue weighted by atomic mass is 16.5. The molecule has 0 aliphatic rings. The smallest absolute Gasteiger partial charge is 0.212 e. The van der Waals surface area contributed by atoms with Gasteiger partial charge in [0.15, 0.2) is 0 Å². The Morgan fingerprint density at radius 2 is 1.89 bits per heavy atom. The van der Waals surface area contributed by atoms with E-state index in [2.05, 4.69) is 11.9 Å². The molecule has 0 aliphatic carbocycles. The van der Waals surface area contributed by atoms with Crippen LogP contribution in [0.25, 0.3) is 0 Å². The minimum Gasteiger partial charge on any atom is -0.481 e. The minimum absolute atomic E-state index is 0.251. The van der Waals surface area contributed by atoms with Gasteiger partial charge in [-0.15, -0.1) is 0 Å². The first kappa shape index (κ1) is 16.0. The second kappa shape index (κ2) is 9.79. The minimum atomic E-state index is 0.251. The normalized spacial score (nSPS) is 12.4. The topological polar surface area (TPSA) is 48.1 Å². The Kier molecular flexibility index (Phi) is 8.23. The third-order valence-electron chi connectivity index (χ3n) is 3.43. The van der Waals surface area contributed by atoms with Gasteiger partial charge in [0.2, 0.25) is 5.88 Å². The van der Waals surface area contributed by atoms with Crippen molar-refractivity contribution in [3.05, 3.63) is 23.9 Å². The van der Waals surface area contributed by atoms with E-state index in [1.54, 1.807) is 7.11 Å². The van der Waals surface area contributed by atoms with Crippen LogP contribution in [0.3, 0.4) is 0 Å². The number of nitrogens with zero attached hydrogens (tertiary/aromatic N) is 1. The Morgan fingerprint density at radius 1 is 1.16 bits per heavy atom. The van der Waals surface area contributed by atoms with Crippen LogP contribution >= 0.6 is 0 Å². The SMILES string of the molecule is CCCCCCCCC(N)Cc1ccc(OC)nc1. The molecule has 0 fully saturated rings. The summed E-state index contributed by atoms with van der Waals surface area (Å²) in [5.74, 6) is 0.660. The van der Waals surface area contributed by atoms with Gasteiger partial charge in [-0.25, -0.2) is 4.98 Å². The van der Waals surface area contributed by atoms with Crippen molar-refractivity contribution in [1.82, 2.24) is 4.98 Å². The van der Waals surface area contributed by atoms with Crippen LogP contribution in [0.2, 0.25) is 0 Å². The molecular weight excluding hydrogens is 236 g/mol. The van der Waals surface area contributed by atoms with Gasteiger partial charge in [0, 0.05) is 18.3 Å². The van der Waals surface area contributed by atoms with Gasteiger partial charge in [-0.05, 0) is 18.4 Å². The average molecular weight is 264 g/mol. The maximum atomic E-state index is 6.16. The van der Waals surface area contributed by atoms with Crippen molar-refractivity contribution < 1.29 is 4.74 Å². The lowest BCUT2D eigenvalue weighted by Crippen LogP contribution is -2.22. The van der Waals surface area contributed by atoms with Gasteiger partial charge in [0.05, 0.1) is 7.11 Å². The van der Waals surface area contributed by atoms with E-state index in [-0.39, 0.29) is 6.04 Å². The van der Waals surface area contributed by atoms with Crippen LogP contribution < -0.4 is 10.5 Å². The van der Waals surface area contributed by atoms with Crippen LogP contribution in [0.4, 0.5) is 0 Å². The molecule has 19 heavy (non-hydrogen) atoms. The Hall–Kier alpha value is -1.09. The van der Waals surface area contributed by atoms with Crippen molar-refractivity contribution in [3.63, 3.8) is 0 Å². The molecule has 0 spiro atoms. The van der Waals surface area contributed by atoms with Gasteiger partial charge < -0.3 is 10.5 Å². The van der Waals surface area contributed by atoms with E-state index in [4.69, 9.17) is 10.5 Å². The largest absolute Gasteiger partial charge is 0.481 e. The van der Waals surface area contributed by atoms with Crippen molar-refractivity contribution in [2.75, 3.05) is 7.11 Å². The number of hydrogen-bond acceptors (Lipinski definition) is 3. The molecule has 0 aromatic carbocycles. The maximum Gasteiger partial charge on any atom is 0.212 e. The van der Waals surface area contributed by atoms with Crippen LogP contribution in [0.15, 0.2) is 18.3 Å². The van der Waals surface area contributed by atoms with E-state index in [0.717, 1.165) is 12.8 Å². The summed E-state index contributed by atoms with van der Waals surface area (Å²) in [6, 6.07) is 4.20. The molecule has 108 valence electrons. The quantitative estimate of drug-likeness (QED) is 0.655. The first-order chi connectivity index (χ1) is 9.26. The van der Waals surface area contributed by atoms with Crippen LogP contribution in [-0.4, -0.2) is 18.1 Å². The molecule has 0 amide bonds. The van der Waals surface area contributed by atoms with Gasteiger partial charge >= 0.3 is 0 Å². The highest BCUT2D eigenvalue weighted by Gasteiger charge is 2.04. The highest BCUT2D eigenvalue weighted by Crippen LogP contribution is 2.12. The molecule has 2 N–H and O–H groups in total. The average Bonchev–Trinajstić information content (AvgIpc) is 2.43. The van der Waals surface area contributed by atoms with Crippen molar-refractivity contribution >= 4 is 0 Å². The summed E-state index contributed by atoms with van der Waals surface area (Å²) in [6.07, 6.45) is 11.8. The Balaban J connectivity index is 2.14. The zero-order valence-corrected chi connectivity index (χ0v) is 12.4. The molecule has 0 saturated heterocycles. The lowest BCUT2D eigenvalue weighted by atomic mass is 10.0. The van der Waals surface area contributed by atoms with E-state index in [0.29, 0.717) is 5.88 Å². The van der Waals surface area contributed by atoms with Gasteiger partial charge in [0.25, 0.3) is 0 Å². The van der Waals surface area contributed by atoms with Crippen LogP contribution in [0.1, 0.15) is 57.4 Å². The number of pyridine rings is 1. The number of nitrogens with two attached hydrogens (primary N) is 1. The summed E-state index contributed by atoms with van der Waals surface area (Å²) in [5, 5.41) is 0. The Bertz CT molecular complexity index is 324. The summed E-state index contributed by atoms with van der Waals surface area (Å²) in [7, 11) is 1.63. The van der Waals surface area contributed by atoms with Gasteiger partial charge in [-0.3, -0.25) is 0 Å². The van der Waals surface area contributed by atoms with Crippen molar-refractivity contribution in [2.45, 2.75) is 64.3 Å². The number of hydrogen-bond donors (Lipinski definition) is 1. The Morgan fingerprint density at radius 3 is 2.53 bits per heavy atom. The van der Waals surface area contributed by atoms with Gasteiger partial charge in [-0.1, -0.05) is 51.5 Å². The fourth-order valence-corrected chi connectivity index (χ4v) is 2.24. The number of aromatic nitrogens is 1. The molecule has 0 saturated carbocycles. The molecule has 1 heterocycles. The fourth-order valence-electron chi connectivity index (χ4n) is 2.24. The predicted octanol–water partition coefficient (Wildman–Crippen LogP) is 3.71. The summed E-state index contributed by atoms with van der Waals surface area (Å²) in [6.45, 7) is 2.25. The zero-order chi connectivity index (χ0) is 13.9. The van der Waals surface area contributed by atoms with Crippen molar-refractivity contribution in [1.29, 1.82) is 0 Å². The number of ether oxygens (including phenoxy) is 1. The van der Waals surface area contributed by atoms with Crippen LogP contribution in [-0.2, 0) is 6.42 Å². The molecule has 1 rings (SSSR count). The first-order valence-electron chi connectivity index (χ1n) is 7.50. The zero-order valence-electron chi connectivity index (χ0n) is 12.4. The third-order valence-corrected chi connectivity index (χ3v) is 3.43. The van der Waals surface area contributed by atoms with E-state index in [1.165, 1.54) is 44.1 Å². The fraction of sp³-hybridized carbons (Fsp3) is 0.688. The van der Waals surface area contributed by atoms with Crippen LogP contribution in [0, 0.1) is 0 Å². The number of methoxy groups -OCH3 is 1. The van der Waals surface area contributed by atoms with Crippen molar-refractivity contribution in [3.8, 4) is 5.88 Å². The molecule has 0 bridgehead atoms. The molecule has 3 nitrogen and oxygen atoms in total. The maximum absolute atomic E-state index is 6.16. The van der Waals surface area contributed by atoms with E-state index >= 15 is 0 Å². The van der Waals surface area contributed by atoms with E-state index in [9.17, 15) is 0 Å². The number of unbranched alkanes of at least 4 members (excludes halogenated alkanes) is 5. The summed E-state index contributed by atoms with van der Waals surface area (Å²) < 4.78 is 5.04. The lowest BCUT2D eigenvalue weighted by molar-refractivity contribution is 0.397. The first-order valence-corrected chi connectivity index (χ1v) is 7.50. The molecular formula is C16H28N2O. The number of rotatable bonds is 10. The van der Waals surface area contributed by atoms with E-state index in [1.807, 2.05) is 18.3 Å². The van der Waals surface area contributed by atoms with Crippen molar-refractivity contribution in [2.24, 2.45) is 5.73 Å². The standard InChI is InChI=1S/C16H28N2O/c1-3-4-5-6-7-8-9-15(17)12-14-10-11-16(19-2)18-13-14/h10-11,13,15H,3-9,12,17H2,1-2H3. The second-order valence-electron chi connectivity index (χ2n) is 5.23. The second-order valence-corrected chi connectivity index (χ2v) is 5.23. The molecule has 3 heteroatoms. The third kappa shape index (κ3) is 7.16. The van der Waals surface area contributed by atoms with Gasteiger partial charge in [0.1, 0.15) is 0 Å². The van der Waals surface area contributed by atoms with E-state index < -0.39 is 0 Å². The summed E-state index contributed by atoms with van der Waals surface area (Å²) >= 11 is 0. The predicted molar refractivity (Wildman–Crippen MR) is 80.5 cm³/mol. The Labute approximate surface area is 117 Å². The molecule has 1 atom stereocenters. The molecule has 0 aliphatic heterocycles. The highest BCUT2D eigenvalue weighted by molar-refractivity contribution is 5.18. The summed E-state index contributed by atoms with van der Waals surface area (Å²) in [4.78, 5) is 4.20. The molecule has 1 aromatic heterocycles. The lowest BCUT2D eigenvalue weighted by Gasteiger charge is -2.11. The van der Waals surface area contributed by atoms with Crippen LogP contribution in [0.5, 0.6) is 5.88 Å². The monoisotopic (exact) mass is 264 g/mol. The molecule has 1 aromatic rings. The van der Waals surface area contributed by atoms with Gasteiger partial charge in [-0.2, -0.15) is 0 Å².